The van der Waals surface area contributed by atoms with E-state index in [-0.39, 0.29) is 11.7 Å². The zero-order valence-electron chi connectivity index (χ0n) is 16.0. The number of halogens is 3. The molecule has 0 spiro atoms. The maximum atomic E-state index is 12.1. The van der Waals surface area contributed by atoms with E-state index in [1.165, 1.54) is 12.1 Å². The van der Waals surface area contributed by atoms with Gasteiger partial charge in [-0.25, -0.2) is 9.79 Å². The highest BCUT2D eigenvalue weighted by atomic mass is 19.4. The van der Waals surface area contributed by atoms with Crippen molar-refractivity contribution in [2.75, 3.05) is 32.0 Å². The topological polar surface area (TPSA) is 78.3 Å². The van der Waals surface area contributed by atoms with E-state index in [0.29, 0.717) is 18.1 Å². The Labute approximate surface area is 161 Å². The van der Waals surface area contributed by atoms with Crippen LogP contribution in [0.5, 0.6) is 5.75 Å². The van der Waals surface area contributed by atoms with Crippen LogP contribution >= 0.6 is 0 Å². The molecule has 0 bridgehead atoms. The van der Waals surface area contributed by atoms with Gasteiger partial charge < -0.3 is 20.3 Å². The first-order valence-corrected chi connectivity index (χ1v) is 8.80. The van der Waals surface area contributed by atoms with E-state index in [1.54, 1.807) is 7.05 Å². The van der Waals surface area contributed by atoms with Crippen LogP contribution in [0.3, 0.4) is 0 Å². The summed E-state index contributed by atoms with van der Waals surface area (Å²) in [4.78, 5) is 22.6. The summed E-state index contributed by atoms with van der Waals surface area (Å²) in [5.74, 6) is 1.56. The molecule has 1 heterocycles. The van der Waals surface area contributed by atoms with Crippen LogP contribution in [0, 0.1) is 5.92 Å². The third kappa shape index (κ3) is 7.09. The summed E-state index contributed by atoms with van der Waals surface area (Å²) in [7, 11) is 1.69. The number of amides is 2. The molecular formula is C18H24F3N5O2. The normalized spacial score (nSPS) is 18.2. The number of carbonyl (C=O) groups excluding carboxylic acids is 1. The number of carbonyl (C=O) groups is 1. The van der Waals surface area contributed by atoms with Crippen LogP contribution in [0.4, 0.5) is 23.7 Å². The number of alkyl halides is 3. The number of ether oxygens (including phenoxy) is 1. The van der Waals surface area contributed by atoms with E-state index in [9.17, 15) is 18.0 Å². The fraction of sp³-hybridized carbons (Fsp3) is 0.500. The third-order valence-electron chi connectivity index (χ3n) is 4.29. The maximum Gasteiger partial charge on any atom is 0.573 e. The summed E-state index contributed by atoms with van der Waals surface area (Å²) in [6.07, 6.45) is -3.81. The molecule has 10 heteroatoms. The van der Waals surface area contributed by atoms with Gasteiger partial charge in [-0.15, -0.1) is 13.2 Å². The number of hydrogen-bond acceptors (Lipinski definition) is 3. The van der Waals surface area contributed by atoms with E-state index < -0.39 is 12.4 Å². The van der Waals surface area contributed by atoms with E-state index in [1.807, 2.05) is 13.8 Å². The predicted molar refractivity (Wildman–Crippen MR) is 102 cm³/mol. The lowest BCUT2D eigenvalue weighted by atomic mass is 10.1. The molecule has 0 radical (unpaired) electrons. The summed E-state index contributed by atoms with van der Waals surface area (Å²) in [5.41, 5.74) is 0.373. The molecule has 1 aliphatic rings. The van der Waals surface area contributed by atoms with Crippen molar-refractivity contribution >= 4 is 23.4 Å². The highest BCUT2D eigenvalue weighted by Crippen LogP contribution is 2.24. The minimum absolute atomic E-state index is 0.289. The SMILES string of the molecule is CN=C(C)N=C(C)N1CCC(CNC(=O)Nc2ccc(OC(F)(F)F)cc2)C1. The zero-order chi connectivity index (χ0) is 20.7. The minimum atomic E-state index is -4.74. The molecule has 154 valence electrons. The number of likely N-dealkylation sites (tertiary alicyclic amines) is 1. The molecule has 2 rings (SSSR count). The highest BCUT2D eigenvalue weighted by molar-refractivity contribution is 5.94. The van der Waals surface area contributed by atoms with Crippen LogP contribution in [0.1, 0.15) is 20.3 Å². The Morgan fingerprint density at radius 1 is 1.29 bits per heavy atom. The van der Waals surface area contributed by atoms with Crippen LogP contribution in [-0.4, -0.2) is 55.6 Å². The fourth-order valence-corrected chi connectivity index (χ4v) is 2.80. The Morgan fingerprint density at radius 3 is 2.57 bits per heavy atom. The Balaban J connectivity index is 1.76. The first kappa shape index (κ1) is 21.5. The van der Waals surface area contributed by atoms with E-state index in [4.69, 9.17) is 0 Å². The molecule has 1 saturated heterocycles. The molecule has 28 heavy (non-hydrogen) atoms. The molecular weight excluding hydrogens is 375 g/mol. The predicted octanol–water partition coefficient (Wildman–Crippen LogP) is 3.50. The second-order valence-corrected chi connectivity index (χ2v) is 6.44. The number of aliphatic imine (C=N–C) groups is 2. The number of anilines is 1. The van der Waals surface area contributed by atoms with Gasteiger partial charge in [0.15, 0.2) is 0 Å². The number of hydrogen-bond donors (Lipinski definition) is 2. The molecule has 7 nitrogen and oxygen atoms in total. The summed E-state index contributed by atoms with van der Waals surface area (Å²) in [5, 5.41) is 5.37. The van der Waals surface area contributed by atoms with Gasteiger partial charge in [0, 0.05) is 32.4 Å². The van der Waals surface area contributed by atoms with E-state index in [2.05, 4.69) is 30.3 Å². The monoisotopic (exact) mass is 399 g/mol. The van der Waals surface area contributed by atoms with Gasteiger partial charge in [0.1, 0.15) is 17.4 Å². The minimum Gasteiger partial charge on any atom is -0.406 e. The number of rotatable bonds is 4. The second kappa shape index (κ2) is 9.43. The lowest BCUT2D eigenvalue weighted by Gasteiger charge is -2.18. The van der Waals surface area contributed by atoms with Gasteiger partial charge in [0.2, 0.25) is 0 Å². The number of nitrogens with one attached hydrogen (secondary N) is 2. The quantitative estimate of drug-likeness (QED) is 0.601. The summed E-state index contributed by atoms with van der Waals surface area (Å²) in [6, 6.07) is 4.55. The first-order valence-electron chi connectivity index (χ1n) is 8.80. The summed E-state index contributed by atoms with van der Waals surface area (Å²) in [6.45, 7) is 5.91. The Morgan fingerprint density at radius 2 is 1.96 bits per heavy atom. The molecule has 1 aromatic carbocycles. The Bertz CT molecular complexity index is 732. The lowest BCUT2D eigenvalue weighted by molar-refractivity contribution is -0.274. The van der Waals surface area contributed by atoms with Crippen molar-refractivity contribution in [2.45, 2.75) is 26.6 Å². The maximum absolute atomic E-state index is 12.1. The van der Waals surface area contributed by atoms with Gasteiger partial charge in [-0.1, -0.05) is 0 Å². The van der Waals surface area contributed by atoms with Crippen molar-refractivity contribution in [1.82, 2.24) is 10.2 Å². The Kier molecular flexibility index (Phi) is 7.24. The molecule has 1 atom stereocenters. The van der Waals surface area contributed by atoms with E-state index >= 15 is 0 Å². The van der Waals surface area contributed by atoms with Crippen molar-refractivity contribution in [3.63, 3.8) is 0 Å². The van der Waals surface area contributed by atoms with Gasteiger partial charge in [-0.3, -0.25) is 4.99 Å². The smallest absolute Gasteiger partial charge is 0.406 e. The zero-order valence-corrected chi connectivity index (χ0v) is 16.0. The van der Waals surface area contributed by atoms with Gasteiger partial charge in [0.05, 0.1) is 0 Å². The number of urea groups is 1. The average Bonchev–Trinajstić information content (AvgIpc) is 3.09. The fourth-order valence-electron chi connectivity index (χ4n) is 2.80. The molecule has 1 fully saturated rings. The van der Waals surface area contributed by atoms with Crippen LogP contribution in [0.25, 0.3) is 0 Å². The Hall–Kier alpha value is -2.78. The van der Waals surface area contributed by atoms with Crippen LogP contribution in [-0.2, 0) is 0 Å². The third-order valence-corrected chi connectivity index (χ3v) is 4.29. The molecule has 1 aliphatic heterocycles. The molecule has 0 aliphatic carbocycles. The van der Waals surface area contributed by atoms with Crippen LogP contribution in [0.2, 0.25) is 0 Å². The van der Waals surface area contributed by atoms with Crippen LogP contribution < -0.4 is 15.4 Å². The highest BCUT2D eigenvalue weighted by Gasteiger charge is 2.31. The van der Waals surface area contributed by atoms with Gasteiger partial charge in [-0.05, 0) is 50.5 Å². The molecule has 1 aromatic rings. The number of amidine groups is 2. The largest absolute Gasteiger partial charge is 0.573 e. The van der Waals surface area contributed by atoms with Crippen molar-refractivity contribution in [3.05, 3.63) is 24.3 Å². The molecule has 0 saturated carbocycles. The number of benzene rings is 1. The standard InChI is InChI=1S/C18H24F3N5O2/c1-12(22-3)24-13(2)26-9-8-14(11-26)10-23-17(27)25-15-4-6-16(7-5-15)28-18(19,20)21/h4-7,14H,8-11H2,1-3H3,(H2,23,25,27). The van der Waals surface area contributed by atoms with E-state index in [0.717, 1.165) is 37.5 Å². The molecule has 0 aromatic heterocycles. The average molecular weight is 399 g/mol. The second-order valence-electron chi connectivity index (χ2n) is 6.44. The van der Waals surface area contributed by atoms with Crippen molar-refractivity contribution in [3.8, 4) is 5.75 Å². The van der Waals surface area contributed by atoms with Gasteiger partial charge >= 0.3 is 12.4 Å². The molecule has 1 unspecified atom stereocenters. The van der Waals surface area contributed by atoms with Gasteiger partial charge in [-0.2, -0.15) is 0 Å². The first-order chi connectivity index (χ1) is 13.2. The summed E-state index contributed by atoms with van der Waals surface area (Å²) < 4.78 is 40.2. The lowest BCUT2D eigenvalue weighted by Crippen LogP contribution is -2.34. The van der Waals surface area contributed by atoms with Gasteiger partial charge in [0.25, 0.3) is 0 Å². The number of nitrogens with zero attached hydrogens (tertiary/aromatic N) is 3. The van der Waals surface area contributed by atoms with Crippen LogP contribution in [0.15, 0.2) is 34.3 Å². The molecule has 2 N–H and O–H groups in total. The van der Waals surface area contributed by atoms with Crippen molar-refractivity contribution in [1.29, 1.82) is 0 Å². The van der Waals surface area contributed by atoms with Crippen molar-refractivity contribution < 1.29 is 22.7 Å². The summed E-state index contributed by atoms with van der Waals surface area (Å²) >= 11 is 0. The molecule has 2 amide bonds. The van der Waals surface area contributed by atoms with Crippen molar-refractivity contribution in [2.24, 2.45) is 15.9 Å².